The van der Waals surface area contributed by atoms with Crippen LogP contribution in [-0.2, 0) is 0 Å². The SMILES string of the molecule is CCC(C)c1ccccc1OC(C)CCCNCC(C)C. The predicted octanol–water partition coefficient (Wildman–Crippen LogP) is 4.99. The molecule has 0 aliphatic carbocycles. The van der Waals surface area contributed by atoms with Crippen LogP contribution in [0, 0.1) is 5.92 Å². The first kappa shape index (κ1) is 18.0. The molecule has 0 bridgehead atoms. The molecule has 0 radical (unpaired) electrons. The summed E-state index contributed by atoms with van der Waals surface area (Å²) in [4.78, 5) is 0. The van der Waals surface area contributed by atoms with Crippen molar-refractivity contribution in [3.8, 4) is 5.75 Å². The van der Waals surface area contributed by atoms with Crippen LogP contribution in [0.25, 0.3) is 0 Å². The van der Waals surface area contributed by atoms with E-state index in [9.17, 15) is 0 Å². The minimum absolute atomic E-state index is 0.274. The van der Waals surface area contributed by atoms with Gasteiger partial charge in [-0.3, -0.25) is 0 Å². The maximum Gasteiger partial charge on any atom is 0.123 e. The lowest BCUT2D eigenvalue weighted by atomic mass is 9.98. The second kappa shape index (κ2) is 9.83. The summed E-state index contributed by atoms with van der Waals surface area (Å²) in [5.41, 5.74) is 1.34. The van der Waals surface area contributed by atoms with E-state index in [1.165, 1.54) is 12.0 Å². The largest absolute Gasteiger partial charge is 0.490 e. The lowest BCUT2D eigenvalue weighted by Crippen LogP contribution is -2.22. The number of hydrogen-bond acceptors (Lipinski definition) is 2. The summed E-state index contributed by atoms with van der Waals surface area (Å²) >= 11 is 0. The van der Waals surface area contributed by atoms with Crippen LogP contribution < -0.4 is 10.1 Å². The molecule has 0 amide bonds. The highest BCUT2D eigenvalue weighted by Crippen LogP contribution is 2.29. The van der Waals surface area contributed by atoms with E-state index in [0.29, 0.717) is 5.92 Å². The van der Waals surface area contributed by atoms with E-state index in [4.69, 9.17) is 4.74 Å². The molecule has 0 fully saturated rings. The van der Waals surface area contributed by atoms with Crippen molar-refractivity contribution < 1.29 is 4.74 Å². The third kappa shape index (κ3) is 6.99. The van der Waals surface area contributed by atoms with Gasteiger partial charge in [-0.1, -0.05) is 45.9 Å². The highest BCUT2D eigenvalue weighted by molar-refractivity contribution is 5.36. The summed E-state index contributed by atoms with van der Waals surface area (Å²) in [5, 5.41) is 3.49. The molecule has 2 heteroatoms. The Bertz CT molecular complexity index is 389. The van der Waals surface area contributed by atoms with Gasteiger partial charge in [-0.25, -0.2) is 0 Å². The summed E-state index contributed by atoms with van der Waals surface area (Å²) in [7, 11) is 0. The molecule has 1 aromatic carbocycles. The first-order valence-corrected chi connectivity index (χ1v) is 8.50. The molecule has 1 N–H and O–H groups in total. The van der Waals surface area contributed by atoms with E-state index in [1.54, 1.807) is 0 Å². The smallest absolute Gasteiger partial charge is 0.123 e. The Morgan fingerprint density at radius 3 is 2.48 bits per heavy atom. The molecular weight excluding hydrogens is 258 g/mol. The summed E-state index contributed by atoms with van der Waals surface area (Å²) in [6.45, 7) is 13.3. The van der Waals surface area contributed by atoms with Crippen LogP contribution in [0.4, 0.5) is 0 Å². The second-order valence-corrected chi connectivity index (χ2v) is 6.52. The van der Waals surface area contributed by atoms with Gasteiger partial charge < -0.3 is 10.1 Å². The van der Waals surface area contributed by atoms with Crippen molar-refractivity contribution in [2.75, 3.05) is 13.1 Å². The summed E-state index contributed by atoms with van der Waals surface area (Å²) in [5.74, 6) is 2.34. The van der Waals surface area contributed by atoms with Gasteiger partial charge in [-0.2, -0.15) is 0 Å². The molecule has 21 heavy (non-hydrogen) atoms. The van der Waals surface area contributed by atoms with Crippen LogP contribution in [0.5, 0.6) is 5.75 Å². The Kier molecular flexibility index (Phi) is 8.44. The van der Waals surface area contributed by atoms with Gasteiger partial charge >= 0.3 is 0 Å². The van der Waals surface area contributed by atoms with Crippen molar-refractivity contribution in [1.29, 1.82) is 0 Å². The Morgan fingerprint density at radius 1 is 1.10 bits per heavy atom. The molecule has 0 aliphatic rings. The molecule has 120 valence electrons. The molecule has 0 aromatic heterocycles. The van der Waals surface area contributed by atoms with Crippen molar-refractivity contribution in [3.05, 3.63) is 29.8 Å². The van der Waals surface area contributed by atoms with Crippen molar-refractivity contribution in [2.45, 2.75) is 65.9 Å². The zero-order valence-electron chi connectivity index (χ0n) is 14.5. The normalized spacial score (nSPS) is 14.2. The molecule has 0 heterocycles. The lowest BCUT2D eigenvalue weighted by Gasteiger charge is -2.20. The third-order valence-corrected chi connectivity index (χ3v) is 3.91. The van der Waals surface area contributed by atoms with E-state index in [-0.39, 0.29) is 6.10 Å². The van der Waals surface area contributed by atoms with Gasteiger partial charge in [0.25, 0.3) is 0 Å². The highest BCUT2D eigenvalue weighted by Gasteiger charge is 2.12. The molecule has 1 rings (SSSR count). The summed E-state index contributed by atoms with van der Waals surface area (Å²) in [6.07, 6.45) is 3.68. The van der Waals surface area contributed by atoms with Crippen molar-refractivity contribution in [3.63, 3.8) is 0 Å². The van der Waals surface area contributed by atoms with Crippen LogP contribution >= 0.6 is 0 Å². The first-order valence-electron chi connectivity index (χ1n) is 8.50. The standard InChI is InChI=1S/C19H33NO/c1-6-16(4)18-11-7-8-12-19(18)21-17(5)10-9-13-20-14-15(2)3/h7-8,11-12,15-17,20H,6,9-10,13-14H2,1-5H3. The molecular formula is C19H33NO. The molecule has 0 saturated carbocycles. The Balaban J connectivity index is 2.39. The zero-order valence-corrected chi connectivity index (χ0v) is 14.5. The monoisotopic (exact) mass is 291 g/mol. The van der Waals surface area contributed by atoms with E-state index in [2.05, 4.69) is 64.2 Å². The van der Waals surface area contributed by atoms with Gasteiger partial charge in [-0.15, -0.1) is 0 Å². The Labute approximate surface area is 131 Å². The molecule has 0 spiro atoms. The fourth-order valence-corrected chi connectivity index (χ4v) is 2.40. The minimum Gasteiger partial charge on any atom is -0.490 e. The predicted molar refractivity (Wildman–Crippen MR) is 92.2 cm³/mol. The first-order chi connectivity index (χ1) is 10.0. The van der Waals surface area contributed by atoms with Crippen LogP contribution in [0.1, 0.15) is 65.4 Å². The van der Waals surface area contributed by atoms with Gasteiger partial charge in [0.1, 0.15) is 5.75 Å². The quantitative estimate of drug-likeness (QED) is 0.613. The van der Waals surface area contributed by atoms with Gasteiger partial charge in [0.15, 0.2) is 0 Å². The number of para-hydroxylation sites is 1. The van der Waals surface area contributed by atoms with Crippen LogP contribution in [0.2, 0.25) is 0 Å². The lowest BCUT2D eigenvalue weighted by molar-refractivity contribution is 0.204. The number of ether oxygens (including phenoxy) is 1. The number of hydrogen-bond donors (Lipinski definition) is 1. The summed E-state index contributed by atoms with van der Waals surface area (Å²) < 4.78 is 6.17. The molecule has 0 aliphatic heterocycles. The van der Waals surface area contributed by atoms with E-state index in [0.717, 1.165) is 37.6 Å². The van der Waals surface area contributed by atoms with Gasteiger partial charge in [0.2, 0.25) is 0 Å². The van der Waals surface area contributed by atoms with E-state index in [1.807, 2.05) is 0 Å². The molecule has 2 atom stereocenters. The van der Waals surface area contributed by atoms with Crippen LogP contribution in [-0.4, -0.2) is 19.2 Å². The fourth-order valence-electron chi connectivity index (χ4n) is 2.40. The molecule has 0 saturated heterocycles. The molecule has 2 nitrogen and oxygen atoms in total. The van der Waals surface area contributed by atoms with E-state index < -0.39 is 0 Å². The fraction of sp³-hybridized carbons (Fsp3) is 0.684. The Morgan fingerprint density at radius 2 is 1.81 bits per heavy atom. The topological polar surface area (TPSA) is 21.3 Å². The van der Waals surface area contributed by atoms with Gasteiger partial charge in [0.05, 0.1) is 6.10 Å². The third-order valence-electron chi connectivity index (χ3n) is 3.91. The maximum atomic E-state index is 6.17. The zero-order chi connectivity index (χ0) is 15.7. The number of rotatable bonds is 10. The number of nitrogens with one attached hydrogen (secondary N) is 1. The van der Waals surface area contributed by atoms with Gasteiger partial charge in [-0.05, 0) is 62.7 Å². The van der Waals surface area contributed by atoms with Crippen LogP contribution in [0.3, 0.4) is 0 Å². The van der Waals surface area contributed by atoms with Crippen LogP contribution in [0.15, 0.2) is 24.3 Å². The highest BCUT2D eigenvalue weighted by atomic mass is 16.5. The molecule has 2 unspecified atom stereocenters. The van der Waals surface area contributed by atoms with Crippen molar-refractivity contribution >= 4 is 0 Å². The van der Waals surface area contributed by atoms with E-state index >= 15 is 0 Å². The van der Waals surface area contributed by atoms with Gasteiger partial charge in [0, 0.05) is 0 Å². The maximum absolute atomic E-state index is 6.17. The Hall–Kier alpha value is -1.02. The minimum atomic E-state index is 0.274. The average molecular weight is 291 g/mol. The summed E-state index contributed by atoms with van der Waals surface area (Å²) in [6, 6.07) is 8.47. The van der Waals surface area contributed by atoms with Crippen molar-refractivity contribution in [2.24, 2.45) is 5.92 Å². The molecule has 1 aromatic rings. The average Bonchev–Trinajstić information content (AvgIpc) is 2.46. The van der Waals surface area contributed by atoms with Crippen molar-refractivity contribution in [1.82, 2.24) is 5.32 Å². The number of benzene rings is 1. The second-order valence-electron chi connectivity index (χ2n) is 6.52.